The number of methoxy groups -OCH3 is 1. The van der Waals surface area contributed by atoms with E-state index < -0.39 is 6.09 Å². The number of hydrogen-bond donors (Lipinski definition) is 2. The van der Waals surface area contributed by atoms with Crippen molar-refractivity contribution in [2.24, 2.45) is 0 Å². The van der Waals surface area contributed by atoms with Crippen LogP contribution in [0.3, 0.4) is 0 Å². The van der Waals surface area contributed by atoms with Gasteiger partial charge in [0.2, 0.25) is 0 Å². The molecule has 25 heavy (non-hydrogen) atoms. The molecule has 0 saturated heterocycles. The zero-order chi connectivity index (χ0) is 18.2. The molecule has 1 aromatic carbocycles. The van der Waals surface area contributed by atoms with Crippen molar-refractivity contribution in [3.63, 3.8) is 0 Å². The Balaban J connectivity index is 2.16. The fourth-order valence-electron chi connectivity index (χ4n) is 2.37. The Labute approximate surface area is 150 Å². The molecule has 134 valence electrons. The number of esters is 1. The number of hydrogen-bond acceptors (Lipinski definition) is 5. The maximum atomic E-state index is 12.1. The van der Waals surface area contributed by atoms with Crippen molar-refractivity contribution in [2.45, 2.75) is 19.8 Å². The molecule has 0 bridgehead atoms. The standard InChI is InChI=1S/C18H21NO5S/c1-3-24-17(20)15-11-14(25-16(15)8-9-19-18(21)22)10-12-4-6-13(23-2)7-5-12/h4-7,11,19H,3,8-10H2,1-2H3,(H,21,22). The fourth-order valence-corrected chi connectivity index (χ4v) is 3.55. The van der Waals surface area contributed by atoms with Crippen LogP contribution in [-0.2, 0) is 17.6 Å². The van der Waals surface area contributed by atoms with Gasteiger partial charge < -0.3 is 19.9 Å². The van der Waals surface area contributed by atoms with Crippen LogP contribution < -0.4 is 10.1 Å². The Bertz CT molecular complexity index is 724. The van der Waals surface area contributed by atoms with Crippen LogP contribution >= 0.6 is 11.3 Å². The van der Waals surface area contributed by atoms with E-state index in [0.29, 0.717) is 25.0 Å². The largest absolute Gasteiger partial charge is 0.497 e. The number of rotatable bonds is 8. The lowest BCUT2D eigenvalue weighted by Gasteiger charge is -2.03. The first-order valence-electron chi connectivity index (χ1n) is 7.92. The number of carboxylic acid groups (broad SMARTS) is 1. The first kappa shape index (κ1) is 18.8. The summed E-state index contributed by atoms with van der Waals surface area (Å²) < 4.78 is 10.3. The van der Waals surface area contributed by atoms with Gasteiger partial charge in [-0.25, -0.2) is 9.59 Å². The van der Waals surface area contributed by atoms with E-state index in [0.717, 1.165) is 21.1 Å². The molecule has 0 fully saturated rings. The van der Waals surface area contributed by atoms with Crippen molar-refractivity contribution in [3.8, 4) is 5.75 Å². The third-order valence-electron chi connectivity index (χ3n) is 3.52. The highest BCUT2D eigenvalue weighted by atomic mass is 32.1. The van der Waals surface area contributed by atoms with Crippen molar-refractivity contribution in [1.29, 1.82) is 0 Å². The Morgan fingerprint density at radius 2 is 1.96 bits per heavy atom. The second-order valence-electron chi connectivity index (χ2n) is 5.28. The summed E-state index contributed by atoms with van der Waals surface area (Å²) in [6.07, 6.45) is 0.0638. The monoisotopic (exact) mass is 363 g/mol. The number of ether oxygens (including phenoxy) is 2. The van der Waals surface area contributed by atoms with Crippen LogP contribution in [0.4, 0.5) is 4.79 Å². The second kappa shape index (κ2) is 9.08. The molecule has 0 aliphatic carbocycles. The minimum atomic E-state index is -1.08. The Hall–Kier alpha value is -2.54. The molecule has 2 aromatic rings. The summed E-state index contributed by atoms with van der Waals surface area (Å²) in [5.41, 5.74) is 1.62. The maximum Gasteiger partial charge on any atom is 0.404 e. The van der Waals surface area contributed by atoms with Gasteiger partial charge in [0.05, 0.1) is 19.3 Å². The SMILES string of the molecule is CCOC(=O)c1cc(Cc2ccc(OC)cc2)sc1CCNC(=O)O. The van der Waals surface area contributed by atoms with E-state index >= 15 is 0 Å². The van der Waals surface area contributed by atoms with Gasteiger partial charge in [0.1, 0.15) is 5.75 Å². The van der Waals surface area contributed by atoms with Gasteiger partial charge in [-0.1, -0.05) is 12.1 Å². The molecule has 0 atom stereocenters. The summed E-state index contributed by atoms with van der Waals surface area (Å²) >= 11 is 1.51. The van der Waals surface area contributed by atoms with E-state index in [1.807, 2.05) is 30.3 Å². The average molecular weight is 363 g/mol. The van der Waals surface area contributed by atoms with Crippen LogP contribution in [0.25, 0.3) is 0 Å². The van der Waals surface area contributed by atoms with E-state index in [-0.39, 0.29) is 12.5 Å². The number of amides is 1. The summed E-state index contributed by atoms with van der Waals surface area (Å²) in [7, 11) is 1.62. The highest BCUT2D eigenvalue weighted by Gasteiger charge is 2.17. The molecule has 0 unspecified atom stereocenters. The van der Waals surface area contributed by atoms with Gasteiger partial charge in [-0.05, 0) is 30.7 Å². The van der Waals surface area contributed by atoms with E-state index in [2.05, 4.69) is 5.32 Å². The Morgan fingerprint density at radius 3 is 2.56 bits per heavy atom. The number of benzene rings is 1. The van der Waals surface area contributed by atoms with Crippen molar-refractivity contribution in [2.75, 3.05) is 20.3 Å². The third kappa shape index (κ3) is 5.49. The molecule has 1 aromatic heterocycles. The molecular weight excluding hydrogens is 342 g/mol. The quantitative estimate of drug-likeness (QED) is 0.703. The van der Waals surface area contributed by atoms with E-state index in [9.17, 15) is 9.59 Å². The smallest absolute Gasteiger partial charge is 0.404 e. The lowest BCUT2D eigenvalue weighted by molar-refractivity contribution is 0.0526. The molecule has 2 rings (SSSR count). The number of carbonyl (C=O) groups excluding carboxylic acids is 1. The van der Waals surface area contributed by atoms with E-state index in [4.69, 9.17) is 14.6 Å². The highest BCUT2D eigenvalue weighted by Crippen LogP contribution is 2.26. The fraction of sp³-hybridized carbons (Fsp3) is 0.333. The average Bonchev–Trinajstić information content (AvgIpc) is 2.98. The molecular formula is C18H21NO5S. The first-order chi connectivity index (χ1) is 12.0. The highest BCUT2D eigenvalue weighted by molar-refractivity contribution is 7.12. The van der Waals surface area contributed by atoms with Crippen molar-refractivity contribution in [1.82, 2.24) is 5.32 Å². The second-order valence-corrected chi connectivity index (χ2v) is 6.50. The van der Waals surface area contributed by atoms with Crippen LogP contribution in [0.5, 0.6) is 5.75 Å². The molecule has 0 spiro atoms. The summed E-state index contributed by atoms with van der Waals surface area (Å²) in [4.78, 5) is 24.6. The zero-order valence-electron chi connectivity index (χ0n) is 14.2. The normalized spacial score (nSPS) is 10.3. The van der Waals surface area contributed by atoms with Crippen molar-refractivity contribution < 1.29 is 24.2 Å². The molecule has 0 saturated carbocycles. The predicted octanol–water partition coefficient (Wildman–Crippen LogP) is 3.33. The number of nitrogens with one attached hydrogen (secondary N) is 1. The topological polar surface area (TPSA) is 84.9 Å². The van der Waals surface area contributed by atoms with Crippen molar-refractivity contribution >= 4 is 23.4 Å². The van der Waals surface area contributed by atoms with Gasteiger partial charge in [-0.3, -0.25) is 0 Å². The van der Waals surface area contributed by atoms with Gasteiger partial charge in [0.25, 0.3) is 0 Å². The van der Waals surface area contributed by atoms with Crippen LogP contribution in [0.15, 0.2) is 30.3 Å². The predicted molar refractivity (Wildman–Crippen MR) is 95.8 cm³/mol. The third-order valence-corrected chi connectivity index (χ3v) is 4.72. The summed E-state index contributed by atoms with van der Waals surface area (Å²) in [5, 5.41) is 11.0. The lowest BCUT2D eigenvalue weighted by atomic mass is 10.1. The van der Waals surface area contributed by atoms with Gasteiger partial charge in [-0.15, -0.1) is 11.3 Å². The van der Waals surface area contributed by atoms with E-state index in [1.54, 1.807) is 14.0 Å². The van der Waals surface area contributed by atoms with Crippen molar-refractivity contribution in [3.05, 3.63) is 51.2 Å². The number of carbonyl (C=O) groups is 2. The lowest BCUT2D eigenvalue weighted by Crippen LogP contribution is -2.23. The molecule has 7 heteroatoms. The van der Waals surface area contributed by atoms with E-state index in [1.165, 1.54) is 11.3 Å². The number of thiophene rings is 1. The summed E-state index contributed by atoms with van der Waals surface area (Å²) in [6.45, 7) is 2.31. The zero-order valence-corrected chi connectivity index (χ0v) is 15.0. The van der Waals surface area contributed by atoms with Gasteiger partial charge in [0, 0.05) is 29.1 Å². The Morgan fingerprint density at radius 1 is 1.24 bits per heavy atom. The van der Waals surface area contributed by atoms with Gasteiger partial charge in [-0.2, -0.15) is 0 Å². The molecule has 0 aliphatic rings. The maximum absolute atomic E-state index is 12.1. The Kier molecular flexibility index (Phi) is 6.82. The van der Waals surface area contributed by atoms with Crippen LogP contribution in [0.1, 0.15) is 32.6 Å². The van der Waals surface area contributed by atoms with Crippen LogP contribution in [0, 0.1) is 0 Å². The minimum Gasteiger partial charge on any atom is -0.497 e. The van der Waals surface area contributed by atoms with Crippen LogP contribution in [-0.4, -0.2) is 37.4 Å². The molecule has 2 N–H and O–H groups in total. The van der Waals surface area contributed by atoms with Gasteiger partial charge >= 0.3 is 12.1 Å². The molecule has 0 aliphatic heterocycles. The summed E-state index contributed by atoms with van der Waals surface area (Å²) in [5.74, 6) is 0.424. The minimum absolute atomic E-state index is 0.254. The molecule has 6 nitrogen and oxygen atoms in total. The van der Waals surface area contributed by atoms with Crippen LogP contribution in [0.2, 0.25) is 0 Å². The molecule has 1 amide bonds. The molecule has 0 radical (unpaired) electrons. The summed E-state index contributed by atoms with van der Waals surface area (Å²) in [6, 6.07) is 9.59. The first-order valence-corrected chi connectivity index (χ1v) is 8.73. The molecule has 1 heterocycles. The van der Waals surface area contributed by atoms with Gasteiger partial charge in [0.15, 0.2) is 0 Å².